The highest BCUT2D eigenvalue weighted by Gasteiger charge is 2.72. The van der Waals surface area contributed by atoms with Crippen LogP contribution in [0.15, 0.2) is 41.6 Å². The van der Waals surface area contributed by atoms with E-state index in [9.17, 15) is 5.11 Å². The number of fused-ring (bicyclic) bond motifs is 5. The summed E-state index contributed by atoms with van der Waals surface area (Å²) in [4.78, 5) is 4.32. The molecule has 4 rings (SSSR count). The molecule has 0 unspecified atom stereocenters. The van der Waals surface area contributed by atoms with Crippen molar-refractivity contribution in [1.82, 2.24) is 0 Å². The van der Waals surface area contributed by atoms with Gasteiger partial charge in [0.15, 0.2) is 0 Å². The fourth-order valence-corrected chi connectivity index (χ4v) is 10.6. The molecule has 3 nitrogen and oxygen atoms in total. The van der Waals surface area contributed by atoms with E-state index in [-0.39, 0.29) is 10.8 Å². The molecule has 0 aromatic carbocycles. The van der Waals surface area contributed by atoms with Crippen LogP contribution in [0.5, 0.6) is 0 Å². The van der Waals surface area contributed by atoms with Crippen molar-refractivity contribution in [1.29, 1.82) is 0 Å². The zero-order valence-electron chi connectivity index (χ0n) is 25.1. The zero-order chi connectivity index (χ0) is 27.3. The second-order valence-electron chi connectivity index (χ2n) is 14.7. The standard InChI is InChI=1S/C34H55NO2/c1-10-21-35-22-25(2)11-12-26(3)27-13-16-31(6)28-14-15-29(4)23-34(36,24-37-9)20-19-33(29,8)32(28,7)18-17-30(27,31)5/h10,21-22,27-28,36H,2-3,11-20,23-24H2,1,4-9H3/b21-10-,35-22?/t27-,28+,29+,30-,31+,32+,33+,34-/m1/s1. The van der Waals surface area contributed by atoms with Gasteiger partial charge in [-0.05, 0) is 122 Å². The zero-order valence-corrected chi connectivity index (χ0v) is 25.1. The number of hydrogen-bond donors (Lipinski definition) is 1. The van der Waals surface area contributed by atoms with Gasteiger partial charge in [-0.1, -0.05) is 59.4 Å². The lowest BCUT2D eigenvalue weighted by atomic mass is 9.31. The predicted octanol–water partition coefficient (Wildman–Crippen LogP) is 8.69. The Kier molecular flexibility index (Phi) is 7.61. The Bertz CT molecular complexity index is 967. The predicted molar refractivity (Wildman–Crippen MR) is 157 cm³/mol. The van der Waals surface area contributed by atoms with E-state index < -0.39 is 5.60 Å². The molecule has 4 saturated carbocycles. The second kappa shape index (κ2) is 9.77. The van der Waals surface area contributed by atoms with Crippen LogP contribution >= 0.6 is 0 Å². The Balaban J connectivity index is 1.55. The van der Waals surface area contributed by atoms with Crippen LogP contribution in [0.4, 0.5) is 0 Å². The molecule has 0 radical (unpaired) electrons. The lowest BCUT2D eigenvalue weighted by Crippen LogP contribution is -2.67. The molecule has 1 N–H and O–H groups in total. The van der Waals surface area contributed by atoms with E-state index in [1.54, 1.807) is 7.11 Å². The molecular formula is C34H55NO2. The Morgan fingerprint density at radius 3 is 2.30 bits per heavy atom. The molecule has 208 valence electrons. The van der Waals surface area contributed by atoms with Gasteiger partial charge in [0, 0.05) is 19.5 Å². The van der Waals surface area contributed by atoms with Crippen molar-refractivity contribution in [3.63, 3.8) is 0 Å². The quantitative estimate of drug-likeness (QED) is 0.263. The van der Waals surface area contributed by atoms with Gasteiger partial charge in [0.25, 0.3) is 0 Å². The summed E-state index contributed by atoms with van der Waals surface area (Å²) in [5, 5.41) is 11.4. The Hall–Kier alpha value is -1.19. The highest BCUT2D eigenvalue weighted by atomic mass is 16.5. The van der Waals surface area contributed by atoms with Gasteiger partial charge in [0.1, 0.15) is 0 Å². The molecule has 0 aromatic heterocycles. The fourth-order valence-electron chi connectivity index (χ4n) is 10.6. The van der Waals surface area contributed by atoms with Gasteiger partial charge in [-0.15, -0.1) is 0 Å². The van der Waals surface area contributed by atoms with Crippen molar-refractivity contribution in [2.45, 2.75) is 118 Å². The molecule has 37 heavy (non-hydrogen) atoms. The first-order valence-electron chi connectivity index (χ1n) is 15.0. The largest absolute Gasteiger partial charge is 0.387 e. The number of ether oxygens (including phenoxy) is 1. The van der Waals surface area contributed by atoms with Crippen molar-refractivity contribution in [2.24, 2.45) is 43.9 Å². The van der Waals surface area contributed by atoms with E-state index in [0.29, 0.717) is 28.8 Å². The normalized spacial score (nSPS) is 47.6. The van der Waals surface area contributed by atoms with Gasteiger partial charge in [0.2, 0.25) is 0 Å². The number of rotatable bonds is 8. The van der Waals surface area contributed by atoms with Crippen LogP contribution in [-0.4, -0.2) is 30.6 Å². The Morgan fingerprint density at radius 2 is 1.62 bits per heavy atom. The summed E-state index contributed by atoms with van der Waals surface area (Å²) in [7, 11) is 1.73. The minimum atomic E-state index is -0.670. The summed E-state index contributed by atoms with van der Waals surface area (Å²) in [6.45, 7) is 24.4. The number of hydrogen-bond acceptors (Lipinski definition) is 3. The fraction of sp³-hybridized carbons (Fsp3) is 0.794. The van der Waals surface area contributed by atoms with E-state index in [2.05, 4.69) is 52.8 Å². The molecule has 0 bridgehead atoms. The van der Waals surface area contributed by atoms with Crippen molar-refractivity contribution in [2.75, 3.05) is 13.7 Å². The minimum absolute atomic E-state index is 0.157. The van der Waals surface area contributed by atoms with Crippen molar-refractivity contribution < 1.29 is 9.84 Å². The smallest absolute Gasteiger partial charge is 0.0885 e. The van der Waals surface area contributed by atoms with Gasteiger partial charge in [-0.2, -0.15) is 0 Å². The molecule has 0 saturated heterocycles. The summed E-state index contributed by atoms with van der Waals surface area (Å²) in [6, 6.07) is 0. The summed E-state index contributed by atoms with van der Waals surface area (Å²) >= 11 is 0. The van der Waals surface area contributed by atoms with Crippen molar-refractivity contribution >= 4 is 6.21 Å². The maximum absolute atomic E-state index is 11.4. The van der Waals surface area contributed by atoms with Crippen LogP contribution in [0.3, 0.4) is 0 Å². The number of aliphatic hydroxyl groups is 1. The molecule has 0 amide bonds. The monoisotopic (exact) mass is 509 g/mol. The lowest BCUT2D eigenvalue weighted by Gasteiger charge is -2.73. The summed E-state index contributed by atoms with van der Waals surface area (Å²) in [6.07, 6.45) is 18.2. The van der Waals surface area contributed by atoms with Crippen LogP contribution in [0, 0.1) is 38.9 Å². The maximum atomic E-state index is 11.4. The van der Waals surface area contributed by atoms with Gasteiger partial charge in [-0.25, -0.2) is 0 Å². The van der Waals surface area contributed by atoms with Gasteiger partial charge < -0.3 is 9.84 Å². The molecule has 0 heterocycles. The molecule has 0 aliphatic heterocycles. The first kappa shape index (κ1) is 28.8. The number of aliphatic imine (C=N–C) groups is 1. The second-order valence-corrected chi connectivity index (χ2v) is 14.7. The Labute approximate surface area is 227 Å². The van der Waals surface area contributed by atoms with E-state index in [1.165, 1.54) is 44.1 Å². The van der Waals surface area contributed by atoms with Gasteiger partial charge in [0.05, 0.1) is 12.2 Å². The van der Waals surface area contributed by atoms with E-state index in [1.807, 2.05) is 25.4 Å². The SMILES string of the molecule is C=C(C=N/C=C\C)CCC(=C)[C@H]1CC[C@@]2(C)[C@@H]3CC[C@@]4(C)C[C@@](O)(COC)CC[C@]4(C)[C@@]3(C)CC[C@]12C. The first-order valence-corrected chi connectivity index (χ1v) is 15.0. The summed E-state index contributed by atoms with van der Waals surface area (Å²) in [5.74, 6) is 1.33. The highest BCUT2D eigenvalue weighted by molar-refractivity contribution is 5.78. The van der Waals surface area contributed by atoms with Crippen molar-refractivity contribution in [3.8, 4) is 0 Å². The molecule has 4 aliphatic carbocycles. The number of methoxy groups -OCH3 is 1. The molecular weight excluding hydrogens is 454 g/mol. The third-order valence-corrected chi connectivity index (χ3v) is 13.3. The van der Waals surface area contributed by atoms with Crippen LogP contribution in [-0.2, 0) is 4.74 Å². The van der Waals surface area contributed by atoms with Crippen LogP contribution in [0.1, 0.15) is 112 Å². The summed E-state index contributed by atoms with van der Waals surface area (Å²) in [5.41, 5.74) is 3.20. The highest BCUT2D eigenvalue weighted by Crippen LogP contribution is 2.79. The van der Waals surface area contributed by atoms with E-state index in [0.717, 1.165) is 43.6 Å². The van der Waals surface area contributed by atoms with Crippen LogP contribution in [0.2, 0.25) is 0 Å². The average molecular weight is 510 g/mol. The maximum Gasteiger partial charge on any atom is 0.0885 e. The van der Waals surface area contributed by atoms with E-state index in [4.69, 9.17) is 4.74 Å². The third kappa shape index (κ3) is 4.26. The molecule has 4 fully saturated rings. The molecule has 4 aliphatic rings. The Morgan fingerprint density at radius 1 is 0.919 bits per heavy atom. The first-order chi connectivity index (χ1) is 17.2. The van der Waals surface area contributed by atoms with E-state index >= 15 is 0 Å². The molecule has 0 aromatic rings. The van der Waals surface area contributed by atoms with Crippen LogP contribution in [0.25, 0.3) is 0 Å². The topological polar surface area (TPSA) is 41.8 Å². The molecule has 0 spiro atoms. The number of nitrogens with zero attached hydrogens (tertiary/aromatic N) is 1. The van der Waals surface area contributed by atoms with Crippen LogP contribution < -0.4 is 0 Å². The third-order valence-electron chi connectivity index (χ3n) is 13.3. The summed E-state index contributed by atoms with van der Waals surface area (Å²) < 4.78 is 5.48. The van der Waals surface area contributed by atoms with Crippen molar-refractivity contribution in [3.05, 3.63) is 36.6 Å². The minimum Gasteiger partial charge on any atom is -0.387 e. The number of allylic oxidation sites excluding steroid dienone is 3. The van der Waals surface area contributed by atoms with Gasteiger partial charge >= 0.3 is 0 Å². The van der Waals surface area contributed by atoms with Gasteiger partial charge in [-0.3, -0.25) is 4.99 Å². The lowest BCUT2D eigenvalue weighted by molar-refractivity contribution is -0.258. The molecule has 3 heteroatoms. The average Bonchev–Trinajstić information content (AvgIpc) is 3.10. The molecule has 8 atom stereocenters.